The Labute approximate surface area is 308 Å². The molecule has 0 atom stereocenters. The fraction of sp³-hybridized carbons (Fsp3) is 0.130. The van der Waals surface area contributed by atoms with E-state index in [2.05, 4.69) is 172 Å². The normalized spacial score (nSPS) is 13.2. The van der Waals surface area contributed by atoms with Gasteiger partial charge in [0.2, 0.25) is 0 Å². The summed E-state index contributed by atoms with van der Waals surface area (Å²) in [5, 5.41) is 2.29. The van der Waals surface area contributed by atoms with Crippen LogP contribution < -0.4 is 0 Å². The molecule has 8 aromatic rings. The van der Waals surface area contributed by atoms with E-state index < -0.39 is 5.41 Å². The zero-order chi connectivity index (χ0) is 33.3. The number of benzene rings is 6. The van der Waals surface area contributed by atoms with Gasteiger partial charge in [0.05, 0.1) is 16.9 Å². The van der Waals surface area contributed by atoms with E-state index in [1.807, 2.05) is 12.3 Å². The van der Waals surface area contributed by atoms with E-state index in [1.54, 1.807) is 0 Å². The van der Waals surface area contributed by atoms with Gasteiger partial charge in [-0.2, -0.15) is 0 Å². The maximum Gasteiger partial charge on any atom is 2.00 e. The zero-order valence-corrected chi connectivity index (χ0v) is 30.7. The van der Waals surface area contributed by atoms with Gasteiger partial charge in [0.25, 0.3) is 0 Å². The molecule has 9 rings (SSSR count). The van der Waals surface area contributed by atoms with Crippen LogP contribution >= 0.6 is 0 Å². The first-order valence-electron chi connectivity index (χ1n) is 16.9. The summed E-state index contributed by atoms with van der Waals surface area (Å²) in [5.41, 5.74) is 12.6. The van der Waals surface area contributed by atoms with Crippen molar-refractivity contribution in [2.75, 3.05) is 0 Å². The predicted molar refractivity (Wildman–Crippen MR) is 201 cm³/mol. The number of hydrogen-bond donors (Lipinski definition) is 0. The Kier molecular flexibility index (Phi) is 7.73. The fourth-order valence-corrected chi connectivity index (χ4v) is 7.85. The second-order valence-electron chi connectivity index (χ2n) is 14.1. The Morgan fingerprint density at radius 3 is 2.08 bits per heavy atom. The molecule has 50 heavy (non-hydrogen) atoms. The molecule has 3 nitrogen and oxygen atoms in total. The molecule has 1 aliphatic rings. The van der Waals surface area contributed by atoms with Crippen molar-refractivity contribution >= 4 is 21.8 Å². The molecule has 0 bridgehead atoms. The molecule has 0 saturated heterocycles. The van der Waals surface area contributed by atoms with Gasteiger partial charge in [-0.15, -0.1) is 64.0 Å². The molecular formula is C46H35N3Pt. The Hall–Kier alpha value is -5.11. The van der Waals surface area contributed by atoms with Gasteiger partial charge in [-0.25, -0.2) is 0 Å². The van der Waals surface area contributed by atoms with E-state index in [0.717, 1.165) is 55.6 Å². The van der Waals surface area contributed by atoms with E-state index >= 15 is 0 Å². The van der Waals surface area contributed by atoms with Crippen LogP contribution in [0.1, 0.15) is 48.6 Å². The third-order valence-electron chi connectivity index (χ3n) is 10.3. The minimum absolute atomic E-state index is 0. The van der Waals surface area contributed by atoms with Crippen LogP contribution in [0, 0.1) is 12.1 Å². The molecular weight excluding hydrogens is 790 g/mol. The molecule has 6 aromatic carbocycles. The SMILES string of the molecule is Cn1c(-c2[c-]c(C3(c4[c-]c(-c5cc(C(C)(C)C)ccn5)c5ccccc5c4)c4ccccc4-c4ccccc43)ccc2)nc2ccccc21.[Pt+2]. The van der Waals surface area contributed by atoms with Crippen LogP contribution in [0.3, 0.4) is 0 Å². The topological polar surface area (TPSA) is 30.7 Å². The van der Waals surface area contributed by atoms with Crippen molar-refractivity contribution < 1.29 is 21.1 Å². The van der Waals surface area contributed by atoms with Crippen LogP contribution in [-0.2, 0) is 38.9 Å². The predicted octanol–water partition coefficient (Wildman–Crippen LogP) is 10.7. The summed E-state index contributed by atoms with van der Waals surface area (Å²) in [4.78, 5) is 10.0. The number of aryl methyl sites for hydroxylation is 1. The van der Waals surface area contributed by atoms with E-state index in [9.17, 15) is 0 Å². The first-order chi connectivity index (χ1) is 23.8. The molecule has 0 saturated carbocycles. The minimum Gasteiger partial charge on any atom is -0.367 e. The monoisotopic (exact) mass is 824 g/mol. The van der Waals surface area contributed by atoms with E-state index in [0.29, 0.717) is 0 Å². The van der Waals surface area contributed by atoms with Gasteiger partial charge in [0.15, 0.2) is 0 Å². The molecule has 2 heterocycles. The van der Waals surface area contributed by atoms with Crippen LogP contribution in [0.25, 0.3) is 55.6 Å². The zero-order valence-electron chi connectivity index (χ0n) is 28.4. The van der Waals surface area contributed by atoms with Crippen molar-refractivity contribution in [3.05, 3.63) is 180 Å². The quantitative estimate of drug-likeness (QED) is 0.166. The second kappa shape index (κ2) is 12.0. The average Bonchev–Trinajstić information content (AvgIpc) is 3.64. The summed E-state index contributed by atoms with van der Waals surface area (Å²) in [6.07, 6.45) is 1.94. The summed E-state index contributed by atoms with van der Waals surface area (Å²) in [5.74, 6) is 0.893. The van der Waals surface area contributed by atoms with Crippen molar-refractivity contribution in [1.82, 2.24) is 14.5 Å². The first kappa shape index (κ1) is 32.1. The Morgan fingerprint density at radius 2 is 1.34 bits per heavy atom. The number of hydrogen-bond acceptors (Lipinski definition) is 2. The molecule has 4 heteroatoms. The third kappa shape index (κ3) is 4.82. The van der Waals surface area contributed by atoms with Gasteiger partial charge in [0, 0.05) is 18.7 Å². The van der Waals surface area contributed by atoms with Crippen LogP contribution in [-0.4, -0.2) is 14.5 Å². The van der Waals surface area contributed by atoms with Crippen molar-refractivity contribution in [1.29, 1.82) is 0 Å². The van der Waals surface area contributed by atoms with Gasteiger partial charge in [-0.05, 0) is 57.1 Å². The number of aromatic nitrogens is 3. The summed E-state index contributed by atoms with van der Waals surface area (Å²) < 4.78 is 2.17. The maximum absolute atomic E-state index is 5.07. The smallest absolute Gasteiger partial charge is 0.367 e. The molecule has 0 spiro atoms. The molecule has 2 aromatic heterocycles. The minimum atomic E-state index is -0.686. The molecule has 1 aliphatic carbocycles. The van der Waals surface area contributed by atoms with E-state index in [-0.39, 0.29) is 26.5 Å². The van der Waals surface area contributed by atoms with Crippen molar-refractivity contribution in [3.63, 3.8) is 0 Å². The summed E-state index contributed by atoms with van der Waals surface area (Å²) in [6.45, 7) is 6.75. The van der Waals surface area contributed by atoms with Crippen molar-refractivity contribution in [2.24, 2.45) is 7.05 Å². The van der Waals surface area contributed by atoms with Crippen LogP contribution in [0.4, 0.5) is 0 Å². The number of imidazole rings is 1. The van der Waals surface area contributed by atoms with Gasteiger partial charge >= 0.3 is 21.1 Å². The van der Waals surface area contributed by atoms with Crippen LogP contribution in [0.5, 0.6) is 0 Å². The molecule has 0 amide bonds. The molecule has 0 radical (unpaired) electrons. The molecule has 0 unspecified atom stereocenters. The van der Waals surface area contributed by atoms with Gasteiger partial charge in [0.1, 0.15) is 0 Å². The Bertz CT molecular complexity index is 2530. The standard InChI is InChI=1S/C46H35N3.Pt/c1-45(2,3)32-24-25-47-42(29-32)38-28-34(26-30-14-5-6-17-35(30)38)46(39-20-9-7-18-36(39)37-19-8-10-21-40(37)46)33-16-13-15-31(27-33)44-48-41-22-11-12-23-43(41)49(44)4;/h5-26,29H,1-4H3;/q-2;+2. The van der Waals surface area contributed by atoms with Crippen LogP contribution in [0.15, 0.2) is 140 Å². The molecule has 244 valence electrons. The number of pyridine rings is 1. The van der Waals surface area contributed by atoms with Gasteiger partial charge in [-0.3, -0.25) is 4.98 Å². The summed E-state index contributed by atoms with van der Waals surface area (Å²) >= 11 is 0. The first-order valence-corrected chi connectivity index (χ1v) is 16.9. The Morgan fingerprint density at radius 1 is 0.660 bits per heavy atom. The fourth-order valence-electron chi connectivity index (χ4n) is 7.85. The summed E-state index contributed by atoms with van der Waals surface area (Å²) in [6, 6.07) is 55.8. The molecule has 0 N–H and O–H groups in total. The van der Waals surface area contributed by atoms with Crippen LogP contribution in [0.2, 0.25) is 0 Å². The van der Waals surface area contributed by atoms with Crippen molar-refractivity contribution in [2.45, 2.75) is 31.6 Å². The van der Waals surface area contributed by atoms with E-state index in [1.165, 1.54) is 27.8 Å². The van der Waals surface area contributed by atoms with Gasteiger partial charge in [-0.1, -0.05) is 117 Å². The number of para-hydroxylation sites is 2. The summed E-state index contributed by atoms with van der Waals surface area (Å²) in [7, 11) is 2.09. The molecule has 0 fully saturated rings. The number of nitrogens with zero attached hydrogens (tertiary/aromatic N) is 3. The number of rotatable bonds is 4. The van der Waals surface area contributed by atoms with E-state index in [4.69, 9.17) is 9.97 Å². The second-order valence-corrected chi connectivity index (χ2v) is 14.1. The number of fused-ring (bicyclic) bond motifs is 5. The third-order valence-corrected chi connectivity index (χ3v) is 10.3. The van der Waals surface area contributed by atoms with Gasteiger partial charge < -0.3 is 9.55 Å². The maximum atomic E-state index is 5.07. The van der Waals surface area contributed by atoms with Crippen molar-refractivity contribution in [3.8, 4) is 33.8 Å². The Balaban J connectivity index is 0.00000361. The average molecular weight is 825 g/mol. The molecule has 0 aliphatic heterocycles. The largest absolute Gasteiger partial charge is 2.00 e.